The predicted octanol–water partition coefficient (Wildman–Crippen LogP) is 8.81. The molecule has 1 aliphatic carbocycles. The third kappa shape index (κ3) is 6.45. The molecular weight excluding hydrogens is 544 g/mol. The molecule has 0 amide bonds. The molecule has 0 spiro atoms. The first-order valence-corrected chi connectivity index (χ1v) is 15.0. The first-order chi connectivity index (χ1) is 20.7. The molecule has 8 bridgehead atoms. The second-order valence-electron chi connectivity index (χ2n) is 11.5. The Balaban J connectivity index is 0.00000144. The quantitative estimate of drug-likeness (QED) is 0.179. The zero-order valence-electron chi connectivity index (χ0n) is 25.6. The molecule has 0 radical (unpaired) electrons. The Labute approximate surface area is 261 Å². The van der Waals surface area contributed by atoms with E-state index < -0.39 is 0 Å². The van der Waals surface area contributed by atoms with Crippen LogP contribution in [0.4, 0.5) is 0 Å². The summed E-state index contributed by atoms with van der Waals surface area (Å²) < 4.78 is 0. The Kier molecular flexibility index (Phi) is 9.74. The molecule has 0 unspecified atom stereocenters. The molecule has 4 heteroatoms. The molecule has 228 valence electrons. The van der Waals surface area contributed by atoms with Gasteiger partial charge in [0, 0.05) is 25.7 Å². The fraction of sp³-hybridized carbons (Fsp3) is 0.250. The average Bonchev–Trinajstić information content (AvgIpc) is 2.99. The van der Waals surface area contributed by atoms with E-state index in [9.17, 15) is 20.4 Å². The lowest BCUT2D eigenvalue weighted by atomic mass is 9.88. The highest BCUT2D eigenvalue weighted by molar-refractivity contribution is 5.69. The maximum Gasteiger partial charge on any atom is 0.122 e. The highest BCUT2D eigenvalue weighted by Gasteiger charge is 2.19. The first kappa shape index (κ1) is 32.2. The van der Waals surface area contributed by atoms with Gasteiger partial charge in [-0.15, -0.1) is 5.75 Å². The standard InChI is InChI=1S/C37H34O4.C2H6.CH4/c1-21-9-26-17-28-11-22(2)13-30(35(28)39)19-32-15-25(24-7-5-4-6-8-24)16-33(37(32)41)20-31-14-23(3)12-29(36(31)40)18-27(10-21)34(26)38;1-2;/h4-16,38-41H,17-20H2,1-3H3;1-2H3;1H4/p-1. The Bertz CT molecular complexity index is 1700. The molecule has 0 atom stereocenters. The number of phenolic OH excluding ortho intramolecular Hbond substituents is 3. The molecule has 0 saturated carbocycles. The number of hydrogen-bond donors (Lipinski definition) is 3. The van der Waals surface area contributed by atoms with E-state index in [1.165, 1.54) is 0 Å². The molecular formula is C40H43O4-. The summed E-state index contributed by atoms with van der Waals surface area (Å²) in [5, 5.41) is 48.1. The summed E-state index contributed by atoms with van der Waals surface area (Å²) >= 11 is 0. The van der Waals surface area contributed by atoms with Crippen LogP contribution in [0.25, 0.3) is 11.1 Å². The first-order valence-electron chi connectivity index (χ1n) is 15.0. The van der Waals surface area contributed by atoms with Crippen molar-refractivity contribution in [1.29, 1.82) is 0 Å². The van der Waals surface area contributed by atoms with Crippen molar-refractivity contribution in [2.75, 3.05) is 0 Å². The van der Waals surface area contributed by atoms with Crippen LogP contribution in [0.3, 0.4) is 0 Å². The highest BCUT2D eigenvalue weighted by Crippen LogP contribution is 2.39. The minimum absolute atomic E-state index is 0. The van der Waals surface area contributed by atoms with Crippen molar-refractivity contribution in [2.24, 2.45) is 0 Å². The average molecular weight is 588 g/mol. The van der Waals surface area contributed by atoms with E-state index >= 15 is 0 Å². The van der Waals surface area contributed by atoms with Gasteiger partial charge in [0.1, 0.15) is 17.2 Å². The number of aromatic hydroxyl groups is 3. The smallest absolute Gasteiger partial charge is 0.122 e. The number of hydrogen-bond acceptors (Lipinski definition) is 4. The van der Waals surface area contributed by atoms with E-state index in [4.69, 9.17) is 0 Å². The predicted molar refractivity (Wildman–Crippen MR) is 179 cm³/mol. The van der Waals surface area contributed by atoms with Crippen LogP contribution in [0, 0.1) is 20.8 Å². The van der Waals surface area contributed by atoms with Crippen LogP contribution >= 0.6 is 0 Å². The second-order valence-corrected chi connectivity index (χ2v) is 11.5. The third-order valence-corrected chi connectivity index (χ3v) is 8.11. The molecule has 0 aliphatic heterocycles. The van der Waals surface area contributed by atoms with Crippen LogP contribution in [-0.4, -0.2) is 15.3 Å². The van der Waals surface area contributed by atoms with Crippen molar-refractivity contribution in [3.63, 3.8) is 0 Å². The van der Waals surface area contributed by atoms with Crippen LogP contribution in [-0.2, 0) is 25.7 Å². The van der Waals surface area contributed by atoms with Crippen molar-refractivity contribution in [3.05, 3.63) is 140 Å². The fourth-order valence-corrected chi connectivity index (χ4v) is 6.25. The third-order valence-electron chi connectivity index (χ3n) is 8.11. The van der Waals surface area contributed by atoms with E-state index in [1.807, 2.05) is 113 Å². The van der Waals surface area contributed by atoms with Gasteiger partial charge in [-0.05, 0) is 77.4 Å². The highest BCUT2D eigenvalue weighted by atomic mass is 16.3. The van der Waals surface area contributed by atoms with E-state index in [1.54, 1.807) is 0 Å². The lowest BCUT2D eigenvalue weighted by Gasteiger charge is -2.23. The van der Waals surface area contributed by atoms with E-state index in [-0.39, 0.29) is 30.4 Å². The molecule has 6 rings (SSSR count). The molecule has 0 saturated heterocycles. The summed E-state index contributed by atoms with van der Waals surface area (Å²) in [4.78, 5) is 0. The van der Waals surface area contributed by atoms with Gasteiger partial charge in [-0.25, -0.2) is 0 Å². The zero-order chi connectivity index (χ0) is 30.8. The molecule has 0 fully saturated rings. The van der Waals surface area contributed by atoms with E-state index in [0.717, 1.165) is 27.8 Å². The molecule has 1 aliphatic rings. The zero-order valence-corrected chi connectivity index (χ0v) is 25.6. The van der Waals surface area contributed by atoms with Crippen molar-refractivity contribution in [1.82, 2.24) is 0 Å². The number of phenols is 3. The van der Waals surface area contributed by atoms with Gasteiger partial charge < -0.3 is 20.4 Å². The number of rotatable bonds is 1. The number of benzene rings is 5. The summed E-state index contributed by atoms with van der Waals surface area (Å²) in [6, 6.07) is 25.5. The van der Waals surface area contributed by atoms with Crippen LogP contribution in [0.1, 0.15) is 82.5 Å². The van der Waals surface area contributed by atoms with Crippen LogP contribution in [0.2, 0.25) is 0 Å². The second kappa shape index (κ2) is 13.3. The van der Waals surface area contributed by atoms with Crippen LogP contribution < -0.4 is 5.11 Å². The van der Waals surface area contributed by atoms with Gasteiger partial charge in [0.15, 0.2) is 0 Å². The summed E-state index contributed by atoms with van der Waals surface area (Å²) in [6.45, 7) is 9.93. The van der Waals surface area contributed by atoms with Crippen LogP contribution in [0.15, 0.2) is 78.9 Å². The Hall–Kier alpha value is -4.70. The van der Waals surface area contributed by atoms with E-state index in [0.29, 0.717) is 70.2 Å². The van der Waals surface area contributed by atoms with Gasteiger partial charge >= 0.3 is 0 Å². The maximum absolute atomic E-state index is 13.7. The van der Waals surface area contributed by atoms with Gasteiger partial charge in [-0.1, -0.05) is 116 Å². The minimum atomic E-state index is -0.0667. The maximum atomic E-state index is 13.7. The summed E-state index contributed by atoms with van der Waals surface area (Å²) in [5.74, 6) is 0.386. The van der Waals surface area contributed by atoms with Crippen LogP contribution in [0.5, 0.6) is 23.0 Å². The van der Waals surface area contributed by atoms with Crippen molar-refractivity contribution in [3.8, 4) is 34.1 Å². The number of fused-ring (bicyclic) bond motifs is 8. The topological polar surface area (TPSA) is 83.8 Å². The summed E-state index contributed by atoms with van der Waals surface area (Å²) in [6.07, 6.45) is 1.21. The molecule has 3 N–H and O–H groups in total. The molecule has 5 aromatic carbocycles. The Morgan fingerprint density at radius 2 is 0.750 bits per heavy atom. The minimum Gasteiger partial charge on any atom is -0.872 e. The Morgan fingerprint density at radius 1 is 0.455 bits per heavy atom. The normalized spacial score (nSPS) is 12.0. The molecule has 0 aromatic heterocycles. The monoisotopic (exact) mass is 587 g/mol. The molecule has 44 heavy (non-hydrogen) atoms. The lowest BCUT2D eigenvalue weighted by molar-refractivity contribution is -0.270. The van der Waals surface area contributed by atoms with Gasteiger partial charge in [-0.2, -0.15) is 0 Å². The van der Waals surface area contributed by atoms with Crippen molar-refractivity contribution in [2.45, 2.75) is 67.7 Å². The van der Waals surface area contributed by atoms with Gasteiger partial charge in [0.05, 0.1) is 0 Å². The lowest BCUT2D eigenvalue weighted by Crippen LogP contribution is -2.06. The summed E-state index contributed by atoms with van der Waals surface area (Å²) in [7, 11) is 0. The van der Waals surface area contributed by atoms with Crippen molar-refractivity contribution >= 4 is 0 Å². The molecule has 0 heterocycles. The van der Waals surface area contributed by atoms with Crippen molar-refractivity contribution < 1.29 is 20.4 Å². The van der Waals surface area contributed by atoms with E-state index in [2.05, 4.69) is 0 Å². The Morgan fingerprint density at radius 3 is 1.11 bits per heavy atom. The van der Waals surface area contributed by atoms with Gasteiger partial charge in [0.25, 0.3) is 0 Å². The fourth-order valence-electron chi connectivity index (χ4n) is 6.25. The van der Waals surface area contributed by atoms with Gasteiger partial charge in [-0.3, -0.25) is 0 Å². The summed E-state index contributed by atoms with van der Waals surface area (Å²) in [5.41, 5.74) is 10.2. The molecule has 4 nitrogen and oxygen atoms in total. The SMILES string of the molecule is C.CC.Cc1cc2c([O-])c(c1)Cc1cc(C)cc(c1O)Cc1cc(-c3ccccc3)cc(c1O)Cc1cc(C)cc(c1O)C2. The van der Waals surface area contributed by atoms with Gasteiger partial charge in [0.2, 0.25) is 0 Å². The number of aryl methyl sites for hydroxylation is 3. The largest absolute Gasteiger partial charge is 0.872 e. The molecule has 5 aromatic rings.